The molecule has 1 aliphatic heterocycles. The molecule has 1 aliphatic rings. The highest BCUT2D eigenvalue weighted by atomic mass is 16.6. The number of carbonyl (C=O) groups excluding carboxylic acids is 1. The molecule has 68 valence electrons. The second-order valence-corrected chi connectivity index (χ2v) is 2.51. The lowest BCUT2D eigenvalue weighted by Crippen LogP contribution is -2.23. The number of amides is 1. The second kappa shape index (κ2) is 2.97. The van der Waals surface area contributed by atoms with Gasteiger partial charge in [0.2, 0.25) is 0 Å². The monoisotopic (exact) mass is 182 g/mol. The Kier molecular flexibility index (Phi) is 1.03. The van der Waals surface area contributed by atoms with Crippen LogP contribution in [0.1, 0.15) is 5.48 Å². The minimum Gasteiger partial charge on any atom is -0.447 e. The molecule has 0 bridgehead atoms. The van der Waals surface area contributed by atoms with Crippen LogP contribution in [-0.4, -0.2) is 19.1 Å². The molecule has 1 aromatic carbocycles. The highest BCUT2D eigenvalue weighted by Gasteiger charge is 2.23. The number of anilines is 2. The van der Waals surface area contributed by atoms with E-state index in [9.17, 15) is 4.79 Å². The first kappa shape index (κ1) is 4.50. The fourth-order valence-corrected chi connectivity index (χ4v) is 1.04. The number of hydrogen-bond donors (Lipinski definition) is 1. The topological polar surface area (TPSA) is 55.6 Å². The van der Waals surface area contributed by atoms with Crippen LogP contribution < -0.4 is 10.6 Å². The van der Waals surface area contributed by atoms with E-state index in [1.165, 1.54) is 12.1 Å². The summed E-state index contributed by atoms with van der Waals surface area (Å²) in [4.78, 5) is 12.1. The summed E-state index contributed by atoms with van der Waals surface area (Å²) in [7, 11) is 0. The summed E-state index contributed by atoms with van der Waals surface area (Å²) in [6.45, 7) is -5.29. The van der Waals surface area contributed by atoms with Gasteiger partial charge in [-0.15, -0.1) is 0 Å². The van der Waals surface area contributed by atoms with Gasteiger partial charge in [-0.25, -0.2) is 4.79 Å². The summed E-state index contributed by atoms with van der Waals surface area (Å²) in [6.07, 6.45) is -1.08. The largest absolute Gasteiger partial charge is 0.447 e. The SMILES string of the molecule is [2H]C1([2H])OC(=O)N(c2cccc(N)c2)C1([2H])[2H]. The molecule has 0 aromatic heterocycles. The smallest absolute Gasteiger partial charge is 0.414 e. The molecular formula is C9H10N2O2. The molecular weight excluding hydrogens is 168 g/mol. The van der Waals surface area contributed by atoms with Crippen molar-refractivity contribution in [1.29, 1.82) is 0 Å². The first-order chi connectivity index (χ1) is 7.75. The van der Waals surface area contributed by atoms with E-state index in [-0.39, 0.29) is 5.69 Å². The zero-order valence-corrected chi connectivity index (χ0v) is 6.65. The predicted octanol–water partition coefficient (Wildman–Crippen LogP) is 1.23. The number of nitrogen functional groups attached to an aromatic ring is 1. The summed E-state index contributed by atoms with van der Waals surface area (Å²) in [5.41, 5.74) is 6.03. The Balaban J connectivity index is 2.49. The van der Waals surface area contributed by atoms with Crippen LogP contribution in [0.5, 0.6) is 0 Å². The third-order valence-electron chi connectivity index (χ3n) is 1.61. The van der Waals surface area contributed by atoms with Gasteiger partial charge in [0, 0.05) is 11.4 Å². The molecule has 1 aromatic rings. The van der Waals surface area contributed by atoms with Crippen molar-refractivity contribution < 1.29 is 15.0 Å². The standard InChI is InChI=1S/C9H10N2O2/c10-7-2-1-3-8(6-7)11-4-5-13-9(11)12/h1-3,6H,4-5,10H2/i4D2,5D2. The molecule has 2 N–H and O–H groups in total. The molecule has 1 amide bonds. The van der Waals surface area contributed by atoms with Crippen LogP contribution in [0.15, 0.2) is 24.3 Å². The van der Waals surface area contributed by atoms with E-state index in [1.807, 2.05) is 0 Å². The van der Waals surface area contributed by atoms with Crippen LogP contribution in [0, 0.1) is 0 Å². The Labute approximate surface area is 81.5 Å². The van der Waals surface area contributed by atoms with E-state index in [0.717, 1.165) is 0 Å². The molecule has 1 heterocycles. The van der Waals surface area contributed by atoms with Gasteiger partial charge in [0.05, 0.1) is 12.0 Å². The van der Waals surface area contributed by atoms with E-state index in [0.29, 0.717) is 10.6 Å². The van der Waals surface area contributed by atoms with Crippen LogP contribution in [0.2, 0.25) is 0 Å². The lowest BCUT2D eigenvalue weighted by atomic mass is 10.2. The molecule has 2 rings (SSSR count). The van der Waals surface area contributed by atoms with E-state index in [1.54, 1.807) is 12.1 Å². The van der Waals surface area contributed by atoms with Gasteiger partial charge in [-0.05, 0) is 18.2 Å². The third-order valence-corrected chi connectivity index (χ3v) is 1.61. The lowest BCUT2D eigenvalue weighted by molar-refractivity contribution is 0.181. The molecule has 4 heteroatoms. The Hall–Kier alpha value is -1.71. The van der Waals surface area contributed by atoms with Gasteiger partial charge in [-0.2, -0.15) is 0 Å². The summed E-state index contributed by atoms with van der Waals surface area (Å²) in [5.74, 6) is 0. The van der Waals surface area contributed by atoms with Crippen molar-refractivity contribution in [2.45, 2.75) is 0 Å². The number of rotatable bonds is 1. The number of benzene rings is 1. The Morgan fingerprint density at radius 1 is 1.62 bits per heavy atom. The van der Waals surface area contributed by atoms with E-state index < -0.39 is 19.1 Å². The van der Waals surface area contributed by atoms with E-state index in [2.05, 4.69) is 4.74 Å². The van der Waals surface area contributed by atoms with Crippen molar-refractivity contribution in [2.75, 3.05) is 23.7 Å². The van der Waals surface area contributed by atoms with E-state index in [4.69, 9.17) is 11.2 Å². The van der Waals surface area contributed by atoms with Crippen molar-refractivity contribution in [1.82, 2.24) is 0 Å². The minimum atomic E-state index is -2.70. The molecule has 1 saturated heterocycles. The number of nitrogens with zero attached hydrogens (tertiary/aromatic N) is 1. The molecule has 0 radical (unpaired) electrons. The molecule has 4 nitrogen and oxygen atoms in total. The van der Waals surface area contributed by atoms with Crippen molar-refractivity contribution in [2.24, 2.45) is 0 Å². The van der Waals surface area contributed by atoms with Crippen LogP contribution in [0.25, 0.3) is 0 Å². The molecule has 0 unspecified atom stereocenters. The summed E-state index contributed by atoms with van der Waals surface area (Å²) < 4.78 is 34.3. The van der Waals surface area contributed by atoms with Gasteiger partial charge in [-0.3, -0.25) is 4.90 Å². The van der Waals surface area contributed by atoms with Gasteiger partial charge in [0.1, 0.15) is 6.56 Å². The van der Waals surface area contributed by atoms with Gasteiger partial charge in [0.25, 0.3) is 0 Å². The highest BCUT2D eigenvalue weighted by molar-refractivity contribution is 5.89. The maximum Gasteiger partial charge on any atom is 0.414 e. The molecule has 0 atom stereocenters. The summed E-state index contributed by atoms with van der Waals surface area (Å²) in [5, 5.41) is 0. The van der Waals surface area contributed by atoms with Crippen LogP contribution in [0.3, 0.4) is 0 Å². The van der Waals surface area contributed by atoms with Crippen molar-refractivity contribution >= 4 is 17.5 Å². The number of ether oxygens (including phenoxy) is 1. The number of nitrogens with two attached hydrogens (primary N) is 1. The number of cyclic esters (lactones) is 1. The fraction of sp³-hybridized carbons (Fsp3) is 0.222. The third kappa shape index (κ3) is 1.42. The fourth-order valence-electron chi connectivity index (χ4n) is 1.04. The highest BCUT2D eigenvalue weighted by Crippen LogP contribution is 2.20. The Morgan fingerprint density at radius 3 is 3.08 bits per heavy atom. The van der Waals surface area contributed by atoms with Crippen LogP contribution in [-0.2, 0) is 4.74 Å². The zero-order chi connectivity index (χ0) is 12.8. The zero-order valence-electron chi connectivity index (χ0n) is 10.7. The molecule has 0 spiro atoms. The van der Waals surface area contributed by atoms with Crippen molar-refractivity contribution in [3.63, 3.8) is 0 Å². The average Bonchev–Trinajstić information content (AvgIpc) is 2.31. The van der Waals surface area contributed by atoms with E-state index >= 15 is 0 Å². The summed E-state index contributed by atoms with van der Waals surface area (Å²) >= 11 is 0. The maximum absolute atomic E-state index is 11.5. The lowest BCUT2D eigenvalue weighted by Gasteiger charge is -2.12. The minimum absolute atomic E-state index is 0.154. The molecule has 0 saturated carbocycles. The van der Waals surface area contributed by atoms with Crippen molar-refractivity contribution in [3.05, 3.63) is 24.3 Å². The number of carbonyl (C=O) groups is 1. The van der Waals surface area contributed by atoms with Gasteiger partial charge in [0.15, 0.2) is 0 Å². The van der Waals surface area contributed by atoms with Crippen molar-refractivity contribution in [3.8, 4) is 0 Å². The molecule has 13 heavy (non-hydrogen) atoms. The second-order valence-electron chi connectivity index (χ2n) is 2.51. The first-order valence-corrected chi connectivity index (χ1v) is 3.64. The summed E-state index contributed by atoms with van der Waals surface area (Å²) in [6, 6.07) is 5.95. The Bertz CT molecular complexity index is 478. The molecule has 1 fully saturated rings. The Morgan fingerprint density at radius 2 is 2.46 bits per heavy atom. The quantitative estimate of drug-likeness (QED) is 0.664. The van der Waals surface area contributed by atoms with Gasteiger partial charge < -0.3 is 10.5 Å². The maximum atomic E-state index is 11.5. The van der Waals surface area contributed by atoms with Crippen LogP contribution in [0.4, 0.5) is 16.2 Å². The average molecular weight is 182 g/mol. The van der Waals surface area contributed by atoms with Gasteiger partial charge >= 0.3 is 6.09 Å². The van der Waals surface area contributed by atoms with Gasteiger partial charge in [-0.1, -0.05) is 6.07 Å². The normalized spacial score (nSPS) is 28.3. The number of hydrogen-bond acceptors (Lipinski definition) is 3. The first-order valence-electron chi connectivity index (χ1n) is 5.64. The van der Waals surface area contributed by atoms with Crippen LogP contribution >= 0.6 is 0 Å². The predicted molar refractivity (Wildman–Crippen MR) is 49.5 cm³/mol. The molecule has 0 aliphatic carbocycles.